The van der Waals surface area contributed by atoms with Crippen molar-refractivity contribution in [3.8, 4) is 11.4 Å². The Morgan fingerprint density at radius 3 is 2.46 bits per heavy atom. The summed E-state index contributed by atoms with van der Waals surface area (Å²) >= 11 is 0. The predicted octanol–water partition coefficient (Wildman–Crippen LogP) is 1.85. The van der Waals surface area contributed by atoms with Gasteiger partial charge in [0.2, 0.25) is 0 Å². The lowest BCUT2D eigenvalue weighted by atomic mass is 9.78. The van der Waals surface area contributed by atoms with Gasteiger partial charge in [0.1, 0.15) is 24.5 Å². The minimum atomic E-state index is -0.379. The van der Waals surface area contributed by atoms with E-state index in [0.29, 0.717) is 11.8 Å². The van der Waals surface area contributed by atoms with Crippen LogP contribution >= 0.6 is 24.8 Å². The number of fused-ring (bicyclic) bond motifs is 1. The summed E-state index contributed by atoms with van der Waals surface area (Å²) in [5.74, 6) is 2.02. The zero-order valence-electron chi connectivity index (χ0n) is 13.1. The number of hydrogen-bond donors (Lipinski definition) is 2. The lowest BCUT2D eigenvalue weighted by Crippen LogP contribution is -2.42. The molecule has 6 nitrogen and oxygen atoms in total. The van der Waals surface area contributed by atoms with Crippen molar-refractivity contribution in [2.75, 3.05) is 13.1 Å². The summed E-state index contributed by atoms with van der Waals surface area (Å²) in [6.45, 7) is 2.07. The summed E-state index contributed by atoms with van der Waals surface area (Å²) in [6.07, 6.45) is 4.43. The molecule has 1 saturated heterocycles. The minimum absolute atomic E-state index is 0. The van der Waals surface area contributed by atoms with E-state index in [1.165, 1.54) is 6.33 Å². The van der Waals surface area contributed by atoms with Crippen LogP contribution in [0.15, 0.2) is 36.9 Å². The van der Waals surface area contributed by atoms with Gasteiger partial charge in [0, 0.05) is 0 Å². The molecule has 2 fully saturated rings. The molecule has 2 aromatic rings. The van der Waals surface area contributed by atoms with Gasteiger partial charge < -0.3 is 15.2 Å². The van der Waals surface area contributed by atoms with Crippen LogP contribution in [0.5, 0.6) is 5.75 Å². The molecule has 1 aliphatic carbocycles. The third-order valence-electron chi connectivity index (χ3n) is 4.80. The summed E-state index contributed by atoms with van der Waals surface area (Å²) in [5, 5.41) is 17.8. The van der Waals surface area contributed by atoms with E-state index < -0.39 is 0 Å². The van der Waals surface area contributed by atoms with Crippen LogP contribution in [-0.2, 0) is 0 Å². The van der Waals surface area contributed by atoms with E-state index in [4.69, 9.17) is 4.74 Å². The van der Waals surface area contributed by atoms with Crippen molar-refractivity contribution in [3.63, 3.8) is 0 Å². The first-order valence-electron chi connectivity index (χ1n) is 7.80. The zero-order valence-corrected chi connectivity index (χ0v) is 14.7. The highest BCUT2D eigenvalue weighted by molar-refractivity contribution is 5.85. The third kappa shape index (κ3) is 3.83. The van der Waals surface area contributed by atoms with Crippen LogP contribution < -0.4 is 10.1 Å². The highest BCUT2D eigenvalue weighted by atomic mass is 35.5. The SMILES string of the molecule is Cl.Cl.O[C@@H]1C[C@H]2CNC[C@H]2C[C@H]1Oc1ccc(-n2cncn2)cc1. The summed E-state index contributed by atoms with van der Waals surface area (Å²) in [7, 11) is 0. The van der Waals surface area contributed by atoms with E-state index in [2.05, 4.69) is 15.4 Å². The molecule has 4 atom stereocenters. The lowest BCUT2D eigenvalue weighted by Gasteiger charge is -2.35. The molecule has 2 aliphatic rings. The Morgan fingerprint density at radius 1 is 1.08 bits per heavy atom. The van der Waals surface area contributed by atoms with E-state index in [-0.39, 0.29) is 37.0 Å². The molecule has 8 heteroatoms. The average molecular weight is 373 g/mol. The Kier molecular flexibility index (Phi) is 6.46. The Labute approximate surface area is 153 Å². The molecule has 4 rings (SSSR count). The summed E-state index contributed by atoms with van der Waals surface area (Å²) in [4.78, 5) is 3.94. The Bertz CT molecular complexity index is 624. The molecule has 1 aliphatic heterocycles. The van der Waals surface area contributed by atoms with Gasteiger partial charge in [-0.15, -0.1) is 24.8 Å². The number of nitrogens with one attached hydrogen (secondary N) is 1. The number of aromatic nitrogens is 3. The quantitative estimate of drug-likeness (QED) is 0.859. The maximum atomic E-state index is 10.3. The van der Waals surface area contributed by atoms with Crippen LogP contribution in [0.2, 0.25) is 0 Å². The van der Waals surface area contributed by atoms with Crippen LogP contribution in [-0.4, -0.2) is 45.2 Å². The summed E-state index contributed by atoms with van der Waals surface area (Å²) in [5.41, 5.74) is 0.939. The summed E-state index contributed by atoms with van der Waals surface area (Å²) < 4.78 is 7.73. The molecule has 2 N–H and O–H groups in total. The van der Waals surface area contributed by atoms with E-state index in [1.54, 1.807) is 11.0 Å². The number of ether oxygens (including phenoxy) is 1. The third-order valence-corrected chi connectivity index (χ3v) is 4.80. The smallest absolute Gasteiger partial charge is 0.138 e. The number of nitrogens with zero attached hydrogens (tertiary/aromatic N) is 3. The highest BCUT2D eigenvalue weighted by Crippen LogP contribution is 2.34. The zero-order chi connectivity index (χ0) is 14.9. The molecule has 24 heavy (non-hydrogen) atoms. The fraction of sp³-hybridized carbons (Fsp3) is 0.500. The maximum absolute atomic E-state index is 10.3. The Balaban J connectivity index is 0.00000104. The molecule has 132 valence electrons. The predicted molar refractivity (Wildman–Crippen MR) is 95.4 cm³/mol. The summed E-state index contributed by atoms with van der Waals surface area (Å²) in [6, 6.07) is 7.73. The van der Waals surface area contributed by atoms with Gasteiger partial charge in [-0.1, -0.05) is 0 Å². The highest BCUT2D eigenvalue weighted by Gasteiger charge is 2.39. The molecular weight excluding hydrogens is 351 g/mol. The molecular formula is C16H22Cl2N4O2. The average Bonchev–Trinajstić information content (AvgIpc) is 3.19. The number of rotatable bonds is 3. The number of hydrogen-bond acceptors (Lipinski definition) is 5. The number of aliphatic hydroxyl groups is 1. The second kappa shape index (κ2) is 8.16. The molecule has 0 bridgehead atoms. The molecule has 0 spiro atoms. The van der Waals surface area contributed by atoms with Gasteiger partial charge in [-0.3, -0.25) is 0 Å². The van der Waals surface area contributed by atoms with Crippen molar-refractivity contribution in [1.29, 1.82) is 0 Å². The Morgan fingerprint density at radius 2 is 1.79 bits per heavy atom. The van der Waals surface area contributed by atoms with Crippen molar-refractivity contribution < 1.29 is 9.84 Å². The lowest BCUT2D eigenvalue weighted by molar-refractivity contribution is -0.0231. The minimum Gasteiger partial charge on any atom is -0.488 e. The Hall–Kier alpha value is -1.34. The first kappa shape index (κ1) is 19.0. The molecule has 0 radical (unpaired) electrons. The van der Waals surface area contributed by atoms with Crippen LogP contribution in [0.4, 0.5) is 0 Å². The first-order chi connectivity index (χ1) is 10.8. The van der Waals surface area contributed by atoms with E-state index in [1.807, 2.05) is 24.3 Å². The van der Waals surface area contributed by atoms with E-state index >= 15 is 0 Å². The number of aliphatic hydroxyl groups excluding tert-OH is 1. The fourth-order valence-corrected chi connectivity index (χ4v) is 3.58. The van der Waals surface area contributed by atoms with Crippen LogP contribution in [0.3, 0.4) is 0 Å². The molecule has 0 amide bonds. The number of benzene rings is 1. The fourth-order valence-electron chi connectivity index (χ4n) is 3.58. The standard InChI is InChI=1S/C16H20N4O2.2ClH/c21-15-5-11-7-17-8-12(11)6-16(15)22-14-3-1-13(2-4-14)20-10-18-9-19-20;;/h1-4,9-12,15-17,21H,5-8H2;2*1H/t11-,12+,15+,16+;;/m0../s1. The van der Waals surface area contributed by atoms with E-state index in [9.17, 15) is 5.11 Å². The van der Waals surface area contributed by atoms with Gasteiger partial charge in [-0.2, -0.15) is 5.10 Å². The van der Waals surface area contributed by atoms with Crippen molar-refractivity contribution in [2.45, 2.75) is 25.0 Å². The normalized spacial score (nSPS) is 28.4. The molecule has 2 heterocycles. The van der Waals surface area contributed by atoms with Crippen molar-refractivity contribution in [1.82, 2.24) is 20.1 Å². The topological polar surface area (TPSA) is 72.2 Å². The second-order valence-corrected chi connectivity index (χ2v) is 6.21. The molecule has 1 saturated carbocycles. The van der Waals surface area contributed by atoms with Gasteiger partial charge in [-0.05, 0) is 62.0 Å². The molecule has 0 unspecified atom stereocenters. The van der Waals surface area contributed by atoms with Gasteiger partial charge in [-0.25, -0.2) is 9.67 Å². The monoisotopic (exact) mass is 372 g/mol. The van der Waals surface area contributed by atoms with Crippen molar-refractivity contribution in [3.05, 3.63) is 36.9 Å². The largest absolute Gasteiger partial charge is 0.488 e. The molecule has 1 aromatic carbocycles. The first-order valence-corrected chi connectivity index (χ1v) is 7.80. The van der Waals surface area contributed by atoms with Gasteiger partial charge in [0.15, 0.2) is 0 Å². The van der Waals surface area contributed by atoms with Crippen LogP contribution in [0, 0.1) is 11.8 Å². The van der Waals surface area contributed by atoms with Gasteiger partial charge in [0.25, 0.3) is 0 Å². The van der Waals surface area contributed by atoms with Crippen molar-refractivity contribution >= 4 is 24.8 Å². The van der Waals surface area contributed by atoms with Crippen molar-refractivity contribution in [2.24, 2.45) is 11.8 Å². The second-order valence-electron chi connectivity index (χ2n) is 6.21. The van der Waals surface area contributed by atoms with E-state index in [0.717, 1.165) is 37.4 Å². The maximum Gasteiger partial charge on any atom is 0.138 e. The van der Waals surface area contributed by atoms with Gasteiger partial charge in [0.05, 0.1) is 11.8 Å². The van der Waals surface area contributed by atoms with Crippen LogP contribution in [0.25, 0.3) is 5.69 Å². The molecule has 1 aromatic heterocycles. The number of halogens is 2. The van der Waals surface area contributed by atoms with Gasteiger partial charge >= 0.3 is 0 Å². The van der Waals surface area contributed by atoms with Crippen LogP contribution in [0.1, 0.15) is 12.8 Å².